The molecule has 2 aromatic rings. The lowest BCUT2D eigenvalue weighted by atomic mass is 10.1. The summed E-state index contributed by atoms with van der Waals surface area (Å²) in [6.45, 7) is 3.57. The van der Waals surface area contributed by atoms with Crippen molar-refractivity contribution in [3.8, 4) is 11.5 Å². The molecule has 0 saturated carbocycles. The molecule has 2 aliphatic heterocycles. The van der Waals surface area contributed by atoms with Crippen molar-refractivity contribution in [2.45, 2.75) is 6.92 Å². The third-order valence-corrected chi connectivity index (χ3v) is 7.30. The smallest absolute Gasteiger partial charge is 0.344 e. The number of nitrogens with zero attached hydrogens (tertiary/aromatic N) is 3. The predicted molar refractivity (Wildman–Crippen MR) is 148 cm³/mol. The molecule has 2 saturated heterocycles. The van der Waals surface area contributed by atoms with Gasteiger partial charge in [-0.15, -0.1) is 0 Å². The van der Waals surface area contributed by atoms with E-state index in [4.69, 9.17) is 25.8 Å². The van der Waals surface area contributed by atoms with Crippen LogP contribution in [0.25, 0.3) is 6.08 Å². The van der Waals surface area contributed by atoms with Crippen LogP contribution in [-0.2, 0) is 19.1 Å². The van der Waals surface area contributed by atoms with Gasteiger partial charge >= 0.3 is 5.97 Å². The molecule has 4 rings (SSSR count). The Kier molecular flexibility index (Phi) is 9.36. The first-order valence-corrected chi connectivity index (χ1v) is 13.5. The van der Waals surface area contributed by atoms with Crippen LogP contribution in [0.5, 0.6) is 11.5 Å². The minimum Gasteiger partial charge on any atom is -0.493 e. The Bertz CT molecular complexity index is 1280. The van der Waals surface area contributed by atoms with Gasteiger partial charge in [0.25, 0.3) is 11.1 Å². The SMILES string of the molecule is CCOC(=O)COc1c(Cl)cc(/C=C2/SC(=O)N(CC(=O)N3CCN(c4ccccc4)CC3)C2=O)cc1OC. The molecular weight excluding hydrogens is 546 g/mol. The van der Waals surface area contributed by atoms with Crippen molar-refractivity contribution in [1.29, 1.82) is 0 Å². The summed E-state index contributed by atoms with van der Waals surface area (Å²) >= 11 is 7.10. The summed E-state index contributed by atoms with van der Waals surface area (Å²) in [5, 5.41) is -0.371. The van der Waals surface area contributed by atoms with Gasteiger partial charge in [0.05, 0.1) is 23.6 Å². The molecule has 2 aliphatic rings. The van der Waals surface area contributed by atoms with Gasteiger partial charge in [-0.05, 0) is 54.6 Å². The van der Waals surface area contributed by atoms with Gasteiger partial charge in [0, 0.05) is 31.9 Å². The Balaban J connectivity index is 1.39. The second kappa shape index (κ2) is 12.9. The highest BCUT2D eigenvalue weighted by Crippen LogP contribution is 2.39. The molecule has 0 atom stereocenters. The number of carbonyl (C=O) groups excluding carboxylic acids is 4. The minimum atomic E-state index is -0.556. The van der Waals surface area contributed by atoms with Crippen LogP contribution in [0.1, 0.15) is 12.5 Å². The van der Waals surface area contributed by atoms with Crippen LogP contribution in [0.15, 0.2) is 47.4 Å². The molecule has 2 fully saturated rings. The summed E-state index contributed by atoms with van der Waals surface area (Å²) in [4.78, 5) is 55.2. The molecule has 0 aromatic heterocycles. The number of benzene rings is 2. The largest absolute Gasteiger partial charge is 0.493 e. The fourth-order valence-corrected chi connectivity index (χ4v) is 5.28. The summed E-state index contributed by atoms with van der Waals surface area (Å²) in [6.07, 6.45) is 1.50. The van der Waals surface area contributed by atoms with E-state index in [9.17, 15) is 19.2 Å². The number of para-hydroxylation sites is 1. The van der Waals surface area contributed by atoms with E-state index in [1.54, 1.807) is 17.9 Å². The number of carbonyl (C=O) groups is 4. The third kappa shape index (κ3) is 6.85. The molecule has 3 amide bonds. The van der Waals surface area contributed by atoms with E-state index >= 15 is 0 Å². The molecule has 0 unspecified atom stereocenters. The van der Waals surface area contributed by atoms with Gasteiger partial charge in [0.2, 0.25) is 5.91 Å². The zero-order valence-electron chi connectivity index (χ0n) is 21.6. The van der Waals surface area contributed by atoms with Crippen LogP contribution < -0.4 is 14.4 Å². The summed E-state index contributed by atoms with van der Waals surface area (Å²) in [7, 11) is 1.41. The number of imide groups is 1. The Morgan fingerprint density at radius 2 is 1.79 bits per heavy atom. The molecule has 2 heterocycles. The quantitative estimate of drug-likeness (QED) is 0.328. The summed E-state index contributed by atoms with van der Waals surface area (Å²) in [5.74, 6) is -1.00. The lowest BCUT2D eigenvalue weighted by Crippen LogP contribution is -2.51. The van der Waals surface area contributed by atoms with Gasteiger partial charge in [-0.3, -0.25) is 19.3 Å². The topological polar surface area (TPSA) is 106 Å². The minimum absolute atomic E-state index is 0.147. The maximum absolute atomic E-state index is 13.0. The number of hydrogen-bond acceptors (Lipinski definition) is 9. The monoisotopic (exact) mass is 573 g/mol. The van der Waals surface area contributed by atoms with Crippen molar-refractivity contribution in [3.05, 3.63) is 58.0 Å². The standard InChI is InChI=1S/C27H28ClN3O7S/c1-3-37-24(33)17-38-25-20(28)13-18(14-21(25)36-2)15-22-26(34)31(27(35)39-22)16-23(32)30-11-9-29(10-12-30)19-7-5-4-6-8-19/h4-8,13-15H,3,9-12,16-17H2,1-2H3/b22-15+. The molecule has 39 heavy (non-hydrogen) atoms. The normalized spacial score (nSPS) is 16.6. The molecule has 0 bridgehead atoms. The zero-order chi connectivity index (χ0) is 27.9. The van der Waals surface area contributed by atoms with Gasteiger partial charge < -0.3 is 24.0 Å². The van der Waals surface area contributed by atoms with Crippen LogP contribution in [0.4, 0.5) is 10.5 Å². The number of ether oxygens (including phenoxy) is 3. The number of rotatable bonds is 9. The molecule has 0 aliphatic carbocycles. The van der Waals surface area contributed by atoms with Crippen molar-refractivity contribution < 1.29 is 33.4 Å². The zero-order valence-corrected chi connectivity index (χ0v) is 23.1. The number of halogens is 1. The van der Waals surface area contributed by atoms with E-state index < -0.39 is 17.1 Å². The first-order chi connectivity index (χ1) is 18.8. The Labute approximate surface area is 235 Å². The average molecular weight is 574 g/mol. The van der Waals surface area contributed by atoms with E-state index in [0.29, 0.717) is 31.7 Å². The second-order valence-corrected chi connectivity index (χ2v) is 10.00. The number of hydrogen-bond donors (Lipinski definition) is 0. The molecule has 2 aromatic carbocycles. The summed E-state index contributed by atoms with van der Waals surface area (Å²) in [5.41, 5.74) is 1.57. The van der Waals surface area contributed by atoms with Crippen LogP contribution in [0.2, 0.25) is 5.02 Å². The predicted octanol–water partition coefficient (Wildman–Crippen LogP) is 3.68. The maximum Gasteiger partial charge on any atom is 0.344 e. The van der Waals surface area contributed by atoms with Gasteiger partial charge in [-0.1, -0.05) is 29.8 Å². The van der Waals surface area contributed by atoms with E-state index in [-0.39, 0.29) is 47.1 Å². The van der Waals surface area contributed by atoms with Gasteiger partial charge in [-0.2, -0.15) is 0 Å². The van der Waals surface area contributed by atoms with Gasteiger partial charge in [-0.25, -0.2) is 4.79 Å². The van der Waals surface area contributed by atoms with Crippen molar-refractivity contribution in [2.75, 3.05) is 57.9 Å². The van der Waals surface area contributed by atoms with Crippen molar-refractivity contribution >= 4 is 58.1 Å². The molecule has 0 spiro atoms. The molecule has 10 nitrogen and oxygen atoms in total. The number of amides is 3. The van der Waals surface area contributed by atoms with Crippen LogP contribution >= 0.6 is 23.4 Å². The Hall–Kier alpha value is -3.70. The number of anilines is 1. The van der Waals surface area contributed by atoms with E-state index in [0.717, 1.165) is 22.3 Å². The fourth-order valence-electron chi connectivity index (χ4n) is 4.17. The highest BCUT2D eigenvalue weighted by atomic mass is 35.5. The van der Waals surface area contributed by atoms with E-state index in [1.165, 1.54) is 19.3 Å². The highest BCUT2D eigenvalue weighted by Gasteiger charge is 2.37. The third-order valence-electron chi connectivity index (χ3n) is 6.11. The lowest BCUT2D eigenvalue weighted by molar-refractivity contribution is -0.145. The average Bonchev–Trinajstić information content (AvgIpc) is 3.20. The maximum atomic E-state index is 13.0. The van der Waals surface area contributed by atoms with Gasteiger partial charge in [0.15, 0.2) is 18.1 Å². The summed E-state index contributed by atoms with van der Waals surface area (Å²) < 4.78 is 15.6. The van der Waals surface area contributed by atoms with Gasteiger partial charge in [0.1, 0.15) is 6.54 Å². The van der Waals surface area contributed by atoms with Crippen molar-refractivity contribution in [2.24, 2.45) is 0 Å². The summed E-state index contributed by atoms with van der Waals surface area (Å²) in [6, 6.07) is 13.0. The lowest BCUT2D eigenvalue weighted by Gasteiger charge is -2.36. The van der Waals surface area contributed by atoms with E-state index in [1.807, 2.05) is 30.3 Å². The number of methoxy groups -OCH3 is 1. The van der Waals surface area contributed by atoms with Crippen molar-refractivity contribution in [3.63, 3.8) is 0 Å². The van der Waals surface area contributed by atoms with Crippen LogP contribution in [-0.4, -0.2) is 85.9 Å². The number of esters is 1. The van der Waals surface area contributed by atoms with E-state index in [2.05, 4.69) is 4.90 Å². The first kappa shape index (κ1) is 28.3. The second-order valence-electron chi connectivity index (χ2n) is 8.60. The highest BCUT2D eigenvalue weighted by molar-refractivity contribution is 8.18. The Morgan fingerprint density at radius 1 is 1.08 bits per heavy atom. The molecule has 0 N–H and O–H groups in total. The van der Waals surface area contributed by atoms with Crippen molar-refractivity contribution in [1.82, 2.24) is 9.80 Å². The number of thioether (sulfide) groups is 1. The van der Waals surface area contributed by atoms with Crippen LogP contribution in [0, 0.1) is 0 Å². The van der Waals surface area contributed by atoms with Crippen LogP contribution in [0.3, 0.4) is 0 Å². The fraction of sp³-hybridized carbons (Fsp3) is 0.333. The molecular formula is C27H28ClN3O7S. The molecule has 206 valence electrons. The Morgan fingerprint density at radius 3 is 2.46 bits per heavy atom. The first-order valence-electron chi connectivity index (χ1n) is 12.3. The number of piperazine rings is 1. The molecule has 12 heteroatoms. The molecule has 0 radical (unpaired) electrons.